The molecule has 0 saturated heterocycles. The minimum Gasteiger partial charge on any atom is -0.457 e. The average Bonchev–Trinajstić information content (AvgIpc) is 2.83. The molecule has 1 amide bonds. The van der Waals surface area contributed by atoms with E-state index in [1.807, 2.05) is 31.2 Å². The Morgan fingerprint density at radius 3 is 2.63 bits per heavy atom. The number of hydrogen-bond acceptors (Lipinski definition) is 2. The molecule has 3 nitrogen and oxygen atoms in total. The predicted molar refractivity (Wildman–Crippen MR) is 78.4 cm³/mol. The van der Waals surface area contributed by atoms with Crippen LogP contribution in [-0.4, -0.2) is 17.9 Å². The molecule has 1 atom stereocenters. The van der Waals surface area contributed by atoms with E-state index in [2.05, 4.69) is 15.9 Å². The zero-order valence-electron chi connectivity index (χ0n) is 10.6. The second kappa shape index (κ2) is 5.80. The van der Waals surface area contributed by atoms with Crippen molar-refractivity contribution in [1.29, 1.82) is 0 Å². The summed E-state index contributed by atoms with van der Waals surface area (Å²) in [7, 11) is 1.75. The van der Waals surface area contributed by atoms with E-state index in [0.717, 1.165) is 5.56 Å². The summed E-state index contributed by atoms with van der Waals surface area (Å²) in [6.45, 7) is 1.94. The first kappa shape index (κ1) is 14.2. The molecule has 0 aliphatic heterocycles. The first-order chi connectivity index (χ1) is 9.02. The molecule has 0 bridgehead atoms. The highest BCUT2D eigenvalue weighted by Crippen LogP contribution is 2.28. The van der Waals surface area contributed by atoms with Crippen molar-refractivity contribution >= 4 is 33.4 Å². The first-order valence-electron chi connectivity index (χ1n) is 5.77. The van der Waals surface area contributed by atoms with Crippen LogP contribution in [0.3, 0.4) is 0 Å². The molecule has 2 rings (SSSR count). The smallest absolute Gasteiger partial charge is 0.258 e. The summed E-state index contributed by atoms with van der Waals surface area (Å²) in [4.78, 5) is 14.0. The molecule has 1 unspecified atom stereocenters. The SMILES string of the molecule is CC(c1ccccc1Cl)N(C)C(=O)c1ccoc1Br. The second-order valence-corrected chi connectivity index (χ2v) is 5.35. The second-order valence-electron chi connectivity index (χ2n) is 4.22. The lowest BCUT2D eigenvalue weighted by Crippen LogP contribution is -2.29. The number of amides is 1. The van der Waals surface area contributed by atoms with Crippen LogP contribution in [0.1, 0.15) is 28.9 Å². The van der Waals surface area contributed by atoms with Gasteiger partial charge in [-0.3, -0.25) is 4.79 Å². The van der Waals surface area contributed by atoms with Gasteiger partial charge in [0.05, 0.1) is 17.9 Å². The highest BCUT2D eigenvalue weighted by Gasteiger charge is 2.23. The van der Waals surface area contributed by atoms with E-state index in [9.17, 15) is 4.79 Å². The Hall–Kier alpha value is -1.26. The van der Waals surface area contributed by atoms with Crippen molar-refractivity contribution in [3.63, 3.8) is 0 Å². The molecule has 1 heterocycles. The standard InChI is InChI=1S/C14H13BrClNO2/c1-9(10-5-3-4-6-12(10)16)17(2)14(18)11-7-8-19-13(11)15/h3-9H,1-2H3. The summed E-state index contributed by atoms with van der Waals surface area (Å²) in [5.41, 5.74) is 1.42. The molecule has 1 aromatic carbocycles. The van der Waals surface area contributed by atoms with Gasteiger partial charge >= 0.3 is 0 Å². The molecule has 0 radical (unpaired) electrons. The summed E-state index contributed by atoms with van der Waals surface area (Å²) in [6, 6.07) is 9.03. The Morgan fingerprint density at radius 2 is 2.05 bits per heavy atom. The van der Waals surface area contributed by atoms with Gasteiger partial charge < -0.3 is 9.32 Å². The van der Waals surface area contributed by atoms with E-state index >= 15 is 0 Å². The minimum atomic E-state index is -0.122. The number of rotatable bonds is 3. The Balaban J connectivity index is 2.25. The minimum absolute atomic E-state index is 0.118. The molecular weight excluding hydrogens is 330 g/mol. The number of carbonyl (C=O) groups excluding carboxylic acids is 1. The van der Waals surface area contributed by atoms with Crippen molar-refractivity contribution in [2.75, 3.05) is 7.05 Å². The van der Waals surface area contributed by atoms with Crippen LogP contribution < -0.4 is 0 Å². The fraction of sp³-hybridized carbons (Fsp3) is 0.214. The fourth-order valence-corrected chi connectivity index (χ4v) is 2.54. The largest absolute Gasteiger partial charge is 0.457 e. The highest BCUT2D eigenvalue weighted by molar-refractivity contribution is 9.10. The normalized spacial score (nSPS) is 12.2. The predicted octanol–water partition coefficient (Wildman–Crippen LogP) is 4.53. The van der Waals surface area contributed by atoms with Gasteiger partial charge in [0.25, 0.3) is 5.91 Å². The lowest BCUT2D eigenvalue weighted by Gasteiger charge is -2.25. The number of benzene rings is 1. The van der Waals surface area contributed by atoms with E-state index in [0.29, 0.717) is 15.3 Å². The monoisotopic (exact) mass is 341 g/mol. The van der Waals surface area contributed by atoms with E-state index < -0.39 is 0 Å². The third-order valence-electron chi connectivity index (χ3n) is 3.10. The van der Waals surface area contributed by atoms with E-state index in [1.165, 1.54) is 6.26 Å². The van der Waals surface area contributed by atoms with E-state index in [1.54, 1.807) is 18.0 Å². The number of carbonyl (C=O) groups is 1. The molecule has 100 valence electrons. The number of hydrogen-bond donors (Lipinski definition) is 0. The van der Waals surface area contributed by atoms with Crippen LogP contribution in [0.15, 0.2) is 45.7 Å². The number of furan rings is 1. The van der Waals surface area contributed by atoms with Crippen LogP contribution in [0.5, 0.6) is 0 Å². The molecule has 0 fully saturated rings. The highest BCUT2D eigenvalue weighted by atomic mass is 79.9. The molecule has 2 aromatic rings. The molecule has 0 saturated carbocycles. The molecule has 0 aliphatic carbocycles. The van der Waals surface area contributed by atoms with Crippen molar-refractivity contribution in [3.8, 4) is 0 Å². The summed E-state index contributed by atoms with van der Waals surface area (Å²) in [5.74, 6) is -0.118. The van der Waals surface area contributed by atoms with E-state index in [4.69, 9.17) is 16.0 Å². The summed E-state index contributed by atoms with van der Waals surface area (Å²) in [5, 5.41) is 0.654. The Labute approximate surface area is 125 Å². The van der Waals surface area contributed by atoms with Crippen LogP contribution in [0, 0.1) is 0 Å². The fourth-order valence-electron chi connectivity index (χ4n) is 1.83. The molecule has 0 N–H and O–H groups in total. The maximum atomic E-state index is 12.3. The van der Waals surface area contributed by atoms with Gasteiger partial charge in [-0.25, -0.2) is 0 Å². The third kappa shape index (κ3) is 2.85. The van der Waals surface area contributed by atoms with Crippen molar-refractivity contribution in [1.82, 2.24) is 4.90 Å². The third-order valence-corrected chi connectivity index (χ3v) is 4.06. The summed E-state index contributed by atoms with van der Waals surface area (Å²) >= 11 is 9.37. The van der Waals surface area contributed by atoms with Gasteiger partial charge in [-0.1, -0.05) is 29.8 Å². The zero-order valence-corrected chi connectivity index (χ0v) is 12.9. The van der Waals surface area contributed by atoms with Gasteiger partial charge in [0, 0.05) is 12.1 Å². The maximum absolute atomic E-state index is 12.3. The Kier molecular flexibility index (Phi) is 4.32. The maximum Gasteiger partial charge on any atom is 0.258 e. The van der Waals surface area contributed by atoms with Gasteiger partial charge in [-0.15, -0.1) is 0 Å². The van der Waals surface area contributed by atoms with Crippen molar-refractivity contribution < 1.29 is 9.21 Å². The quantitative estimate of drug-likeness (QED) is 0.821. The van der Waals surface area contributed by atoms with E-state index in [-0.39, 0.29) is 11.9 Å². The number of halogens is 2. The van der Waals surface area contributed by atoms with Gasteiger partial charge in [0.1, 0.15) is 0 Å². The van der Waals surface area contributed by atoms with Crippen molar-refractivity contribution in [2.24, 2.45) is 0 Å². The van der Waals surface area contributed by atoms with Crippen LogP contribution >= 0.6 is 27.5 Å². The molecule has 1 aromatic heterocycles. The van der Waals surface area contributed by atoms with Gasteiger partial charge in [-0.2, -0.15) is 0 Å². The van der Waals surface area contributed by atoms with Crippen LogP contribution in [-0.2, 0) is 0 Å². The van der Waals surface area contributed by atoms with Gasteiger partial charge in [0.2, 0.25) is 0 Å². The van der Waals surface area contributed by atoms with Crippen molar-refractivity contribution in [3.05, 3.63) is 57.4 Å². The Bertz CT molecular complexity index is 597. The average molecular weight is 343 g/mol. The van der Waals surface area contributed by atoms with Crippen LogP contribution in [0.4, 0.5) is 0 Å². The Morgan fingerprint density at radius 1 is 1.37 bits per heavy atom. The van der Waals surface area contributed by atoms with Gasteiger partial charge in [-0.05, 0) is 40.5 Å². The molecule has 0 aliphatic rings. The number of nitrogens with zero attached hydrogens (tertiary/aromatic N) is 1. The topological polar surface area (TPSA) is 33.5 Å². The molecule has 5 heteroatoms. The summed E-state index contributed by atoms with van der Waals surface area (Å²) < 4.78 is 5.53. The molecule has 0 spiro atoms. The van der Waals surface area contributed by atoms with Crippen molar-refractivity contribution in [2.45, 2.75) is 13.0 Å². The van der Waals surface area contributed by atoms with Gasteiger partial charge in [0.15, 0.2) is 4.67 Å². The van der Waals surface area contributed by atoms with Crippen LogP contribution in [0.25, 0.3) is 0 Å². The first-order valence-corrected chi connectivity index (χ1v) is 6.94. The summed E-state index contributed by atoms with van der Waals surface area (Å²) in [6.07, 6.45) is 1.48. The van der Waals surface area contributed by atoms with Crippen LogP contribution in [0.2, 0.25) is 5.02 Å². The zero-order chi connectivity index (χ0) is 14.0. The lowest BCUT2D eigenvalue weighted by atomic mass is 10.1. The lowest BCUT2D eigenvalue weighted by molar-refractivity contribution is 0.0740. The molecular formula is C14H13BrClNO2. The molecule has 19 heavy (non-hydrogen) atoms.